The Morgan fingerprint density at radius 3 is 2.88 bits per heavy atom. The second kappa shape index (κ2) is 4.70. The van der Waals surface area contributed by atoms with Crippen LogP contribution >= 0.6 is 0 Å². The van der Waals surface area contributed by atoms with Crippen LogP contribution in [0, 0.1) is 0 Å². The molecule has 2 aromatic rings. The Labute approximate surface area is 94.6 Å². The van der Waals surface area contributed by atoms with Crippen LogP contribution in [0.1, 0.15) is 24.0 Å². The van der Waals surface area contributed by atoms with E-state index in [1.807, 2.05) is 31.3 Å². The second-order valence-corrected chi connectivity index (χ2v) is 3.59. The maximum atomic E-state index is 5.72. The summed E-state index contributed by atoms with van der Waals surface area (Å²) in [6, 6.07) is 5.75. The summed E-state index contributed by atoms with van der Waals surface area (Å²) < 4.78 is 0. The molecule has 2 N–H and O–H groups in total. The van der Waals surface area contributed by atoms with Crippen LogP contribution in [0.2, 0.25) is 0 Å². The van der Waals surface area contributed by atoms with E-state index >= 15 is 0 Å². The Hall–Kier alpha value is -1.97. The highest BCUT2D eigenvalue weighted by Gasteiger charge is 2.02. The molecule has 0 spiro atoms. The van der Waals surface area contributed by atoms with E-state index in [0.29, 0.717) is 5.82 Å². The van der Waals surface area contributed by atoms with Gasteiger partial charge in [-0.25, -0.2) is 9.97 Å². The first-order chi connectivity index (χ1) is 7.78. The molecule has 0 aromatic carbocycles. The molecule has 0 aliphatic rings. The summed E-state index contributed by atoms with van der Waals surface area (Å²) in [5.74, 6) is 1.32. The lowest BCUT2D eigenvalue weighted by Crippen LogP contribution is -2.03. The minimum atomic E-state index is 0.533. The van der Waals surface area contributed by atoms with Gasteiger partial charge in [0, 0.05) is 31.3 Å². The standard InChI is InChI=1S/C12H14N4/c1-2-12-15-10(7-11(13)16-12)6-9-4-3-5-14-8-9/h3-5,7-8H,2,6H2,1H3,(H2,13,15,16). The highest BCUT2D eigenvalue weighted by molar-refractivity contribution is 5.32. The quantitative estimate of drug-likeness (QED) is 0.843. The van der Waals surface area contributed by atoms with Gasteiger partial charge in [-0.15, -0.1) is 0 Å². The summed E-state index contributed by atoms with van der Waals surface area (Å²) in [6.45, 7) is 2.02. The number of aryl methyl sites for hydroxylation is 1. The van der Waals surface area contributed by atoms with E-state index in [0.717, 1.165) is 29.9 Å². The average Bonchev–Trinajstić information content (AvgIpc) is 2.29. The van der Waals surface area contributed by atoms with Crippen LogP contribution in [0.5, 0.6) is 0 Å². The molecular formula is C12H14N4. The van der Waals surface area contributed by atoms with Crippen LogP contribution in [0.25, 0.3) is 0 Å². The van der Waals surface area contributed by atoms with E-state index < -0.39 is 0 Å². The molecule has 0 amide bonds. The monoisotopic (exact) mass is 214 g/mol. The Morgan fingerprint density at radius 1 is 1.31 bits per heavy atom. The number of nitrogens with zero attached hydrogens (tertiary/aromatic N) is 3. The average molecular weight is 214 g/mol. The van der Waals surface area contributed by atoms with Gasteiger partial charge in [0.25, 0.3) is 0 Å². The van der Waals surface area contributed by atoms with E-state index in [4.69, 9.17) is 5.73 Å². The summed E-state index contributed by atoms with van der Waals surface area (Å²) in [7, 11) is 0. The molecule has 4 nitrogen and oxygen atoms in total. The highest BCUT2D eigenvalue weighted by atomic mass is 14.9. The molecule has 4 heteroatoms. The number of hydrogen-bond donors (Lipinski definition) is 1. The van der Waals surface area contributed by atoms with Crippen molar-refractivity contribution in [3.63, 3.8) is 0 Å². The fraction of sp³-hybridized carbons (Fsp3) is 0.250. The Morgan fingerprint density at radius 2 is 2.19 bits per heavy atom. The SMILES string of the molecule is CCc1nc(N)cc(Cc2cccnc2)n1. The Kier molecular flexibility index (Phi) is 3.10. The van der Waals surface area contributed by atoms with Crippen LogP contribution in [-0.2, 0) is 12.8 Å². The van der Waals surface area contributed by atoms with Crippen molar-refractivity contribution in [2.75, 3.05) is 5.73 Å². The van der Waals surface area contributed by atoms with Gasteiger partial charge in [0.1, 0.15) is 11.6 Å². The topological polar surface area (TPSA) is 64.7 Å². The third-order valence-corrected chi connectivity index (χ3v) is 2.27. The third-order valence-electron chi connectivity index (χ3n) is 2.27. The van der Waals surface area contributed by atoms with Crippen LogP contribution in [0.3, 0.4) is 0 Å². The smallest absolute Gasteiger partial charge is 0.130 e. The number of rotatable bonds is 3. The van der Waals surface area contributed by atoms with E-state index in [2.05, 4.69) is 15.0 Å². The summed E-state index contributed by atoms with van der Waals surface area (Å²) >= 11 is 0. The first kappa shape index (κ1) is 10.5. The molecule has 2 rings (SSSR count). The van der Waals surface area contributed by atoms with Gasteiger partial charge >= 0.3 is 0 Å². The first-order valence-corrected chi connectivity index (χ1v) is 5.29. The van der Waals surface area contributed by atoms with Gasteiger partial charge in [-0.05, 0) is 11.6 Å². The predicted molar refractivity (Wildman–Crippen MR) is 62.9 cm³/mol. The molecule has 0 fully saturated rings. The molecule has 2 aromatic heterocycles. The summed E-state index contributed by atoms with van der Waals surface area (Å²) in [4.78, 5) is 12.6. The van der Waals surface area contributed by atoms with Gasteiger partial charge in [0.2, 0.25) is 0 Å². The van der Waals surface area contributed by atoms with Gasteiger partial charge in [-0.1, -0.05) is 13.0 Å². The van der Waals surface area contributed by atoms with Crippen molar-refractivity contribution in [1.29, 1.82) is 0 Å². The van der Waals surface area contributed by atoms with Crippen molar-refractivity contribution >= 4 is 5.82 Å². The molecule has 0 bridgehead atoms. The van der Waals surface area contributed by atoms with E-state index in [-0.39, 0.29) is 0 Å². The van der Waals surface area contributed by atoms with Crippen LogP contribution in [0.15, 0.2) is 30.6 Å². The number of nitrogens with two attached hydrogens (primary N) is 1. The zero-order valence-corrected chi connectivity index (χ0v) is 9.22. The maximum absolute atomic E-state index is 5.72. The fourth-order valence-corrected chi connectivity index (χ4v) is 1.54. The van der Waals surface area contributed by atoms with Crippen LogP contribution in [-0.4, -0.2) is 15.0 Å². The van der Waals surface area contributed by atoms with Crippen molar-refractivity contribution < 1.29 is 0 Å². The van der Waals surface area contributed by atoms with Crippen molar-refractivity contribution in [1.82, 2.24) is 15.0 Å². The third kappa shape index (κ3) is 2.53. The first-order valence-electron chi connectivity index (χ1n) is 5.29. The minimum Gasteiger partial charge on any atom is -0.384 e. The molecule has 82 valence electrons. The predicted octanol–water partition coefficient (Wildman–Crippen LogP) is 1.61. The normalized spacial score (nSPS) is 10.3. The summed E-state index contributed by atoms with van der Waals surface area (Å²) in [6.07, 6.45) is 5.14. The number of aromatic nitrogens is 3. The number of hydrogen-bond acceptors (Lipinski definition) is 4. The summed E-state index contributed by atoms with van der Waals surface area (Å²) in [5.41, 5.74) is 7.79. The zero-order valence-electron chi connectivity index (χ0n) is 9.22. The fourth-order valence-electron chi connectivity index (χ4n) is 1.54. The van der Waals surface area contributed by atoms with E-state index in [9.17, 15) is 0 Å². The molecule has 0 unspecified atom stereocenters. The summed E-state index contributed by atoms with van der Waals surface area (Å²) in [5, 5.41) is 0. The van der Waals surface area contributed by atoms with Crippen molar-refractivity contribution in [3.8, 4) is 0 Å². The van der Waals surface area contributed by atoms with Crippen molar-refractivity contribution in [2.45, 2.75) is 19.8 Å². The molecule has 16 heavy (non-hydrogen) atoms. The Bertz CT molecular complexity index is 468. The Balaban J connectivity index is 2.24. The molecule has 0 aliphatic carbocycles. The molecule has 0 aliphatic heterocycles. The van der Waals surface area contributed by atoms with Crippen LogP contribution in [0.4, 0.5) is 5.82 Å². The largest absolute Gasteiger partial charge is 0.384 e. The van der Waals surface area contributed by atoms with Gasteiger partial charge in [-0.3, -0.25) is 4.98 Å². The van der Waals surface area contributed by atoms with Gasteiger partial charge in [-0.2, -0.15) is 0 Å². The second-order valence-electron chi connectivity index (χ2n) is 3.59. The van der Waals surface area contributed by atoms with Gasteiger partial charge in [0.05, 0.1) is 5.69 Å². The van der Waals surface area contributed by atoms with Crippen molar-refractivity contribution in [3.05, 3.63) is 47.7 Å². The number of nitrogen functional groups attached to an aromatic ring is 1. The lowest BCUT2D eigenvalue weighted by Gasteiger charge is -2.04. The lowest BCUT2D eigenvalue weighted by atomic mass is 10.1. The number of anilines is 1. The number of pyridine rings is 1. The minimum absolute atomic E-state index is 0.533. The molecular weight excluding hydrogens is 200 g/mol. The van der Waals surface area contributed by atoms with E-state index in [1.165, 1.54) is 0 Å². The lowest BCUT2D eigenvalue weighted by molar-refractivity contribution is 0.901. The van der Waals surface area contributed by atoms with E-state index in [1.54, 1.807) is 6.20 Å². The highest BCUT2D eigenvalue weighted by Crippen LogP contribution is 2.09. The maximum Gasteiger partial charge on any atom is 0.130 e. The molecule has 0 saturated heterocycles. The van der Waals surface area contributed by atoms with Gasteiger partial charge in [0.15, 0.2) is 0 Å². The zero-order chi connectivity index (χ0) is 11.4. The van der Waals surface area contributed by atoms with Crippen molar-refractivity contribution in [2.24, 2.45) is 0 Å². The van der Waals surface area contributed by atoms with Gasteiger partial charge < -0.3 is 5.73 Å². The molecule has 0 radical (unpaired) electrons. The molecule has 0 atom stereocenters. The van der Waals surface area contributed by atoms with Crippen LogP contribution < -0.4 is 5.73 Å². The molecule has 2 heterocycles. The molecule has 0 saturated carbocycles.